The van der Waals surface area contributed by atoms with Gasteiger partial charge in [-0.3, -0.25) is 0 Å². The van der Waals surface area contributed by atoms with Crippen molar-refractivity contribution in [1.82, 2.24) is 20.2 Å². The molecule has 0 radical (unpaired) electrons. The van der Waals surface area contributed by atoms with Crippen LogP contribution in [0.2, 0.25) is 0 Å². The highest BCUT2D eigenvalue weighted by Crippen LogP contribution is 2.21. The predicted octanol–water partition coefficient (Wildman–Crippen LogP) is -0.784. The van der Waals surface area contributed by atoms with Crippen molar-refractivity contribution in [3.05, 3.63) is 5.82 Å². The molecule has 1 aromatic heterocycles. The molecule has 13 heavy (non-hydrogen) atoms. The third-order valence-electron chi connectivity index (χ3n) is 2.13. The lowest BCUT2D eigenvalue weighted by Crippen LogP contribution is -2.41. The van der Waals surface area contributed by atoms with Gasteiger partial charge in [-0.2, -0.15) is 4.80 Å². The van der Waals surface area contributed by atoms with Crippen LogP contribution in [0.3, 0.4) is 0 Å². The number of nitrogens with two attached hydrogens (primary N) is 1. The first-order valence-electron chi connectivity index (χ1n) is 4.34. The van der Waals surface area contributed by atoms with Gasteiger partial charge in [0.1, 0.15) is 6.61 Å². The van der Waals surface area contributed by atoms with E-state index in [0.29, 0.717) is 24.6 Å². The van der Waals surface area contributed by atoms with E-state index >= 15 is 0 Å². The molecule has 0 atom stereocenters. The molecule has 1 aliphatic carbocycles. The van der Waals surface area contributed by atoms with Gasteiger partial charge in [-0.05, 0) is 18.1 Å². The molecule has 2 N–H and O–H groups in total. The fraction of sp³-hybridized carbons (Fsp3) is 0.857. The fourth-order valence-electron chi connectivity index (χ4n) is 1.32. The average molecular weight is 183 g/mol. The third kappa shape index (κ3) is 2.02. The van der Waals surface area contributed by atoms with Gasteiger partial charge in [-0.15, -0.1) is 10.2 Å². The second kappa shape index (κ2) is 3.39. The summed E-state index contributed by atoms with van der Waals surface area (Å²) in [4.78, 5) is 1.42. The Morgan fingerprint density at radius 3 is 2.92 bits per heavy atom. The van der Waals surface area contributed by atoms with Gasteiger partial charge < -0.3 is 10.5 Å². The average Bonchev–Trinajstić information content (AvgIpc) is 2.43. The zero-order chi connectivity index (χ0) is 9.26. The van der Waals surface area contributed by atoms with E-state index in [1.807, 2.05) is 0 Å². The first-order valence-corrected chi connectivity index (χ1v) is 4.34. The Balaban J connectivity index is 1.74. The van der Waals surface area contributed by atoms with Gasteiger partial charge in [0.05, 0.1) is 13.2 Å². The second-order valence-corrected chi connectivity index (χ2v) is 3.36. The van der Waals surface area contributed by atoms with Crippen LogP contribution in [-0.4, -0.2) is 32.4 Å². The molecule has 72 valence electrons. The van der Waals surface area contributed by atoms with Crippen molar-refractivity contribution >= 4 is 0 Å². The topological polar surface area (TPSA) is 78.8 Å². The highest BCUT2D eigenvalue weighted by molar-refractivity contribution is 4.84. The molecule has 0 unspecified atom stereocenters. The molecule has 0 aliphatic heterocycles. The molecule has 0 aromatic carbocycles. The van der Waals surface area contributed by atoms with E-state index in [1.165, 1.54) is 4.80 Å². The molecular weight excluding hydrogens is 170 g/mol. The lowest BCUT2D eigenvalue weighted by atomic mass is 9.90. The van der Waals surface area contributed by atoms with Crippen LogP contribution >= 0.6 is 0 Å². The Kier molecular flexibility index (Phi) is 2.24. The maximum Gasteiger partial charge on any atom is 0.200 e. The Labute approximate surface area is 76.1 Å². The van der Waals surface area contributed by atoms with Crippen molar-refractivity contribution in [3.8, 4) is 0 Å². The number of tetrazole rings is 1. The van der Waals surface area contributed by atoms with E-state index in [1.54, 1.807) is 7.05 Å². The predicted molar refractivity (Wildman–Crippen MR) is 44.6 cm³/mol. The third-order valence-corrected chi connectivity index (χ3v) is 2.13. The van der Waals surface area contributed by atoms with Gasteiger partial charge in [0.25, 0.3) is 0 Å². The first-order chi connectivity index (χ1) is 6.24. The monoisotopic (exact) mass is 183 g/mol. The van der Waals surface area contributed by atoms with Crippen LogP contribution in [-0.2, 0) is 18.4 Å². The summed E-state index contributed by atoms with van der Waals surface area (Å²) < 4.78 is 5.49. The van der Waals surface area contributed by atoms with Crippen molar-refractivity contribution < 1.29 is 4.74 Å². The lowest BCUT2D eigenvalue weighted by molar-refractivity contribution is -0.0216. The molecule has 0 saturated heterocycles. The molecule has 1 saturated carbocycles. The van der Waals surface area contributed by atoms with Gasteiger partial charge in [0.2, 0.25) is 0 Å². The summed E-state index contributed by atoms with van der Waals surface area (Å²) in [7, 11) is 1.73. The molecular formula is C7H13N5O. The van der Waals surface area contributed by atoms with Gasteiger partial charge in [0, 0.05) is 6.04 Å². The lowest BCUT2D eigenvalue weighted by Gasteiger charge is -2.31. The highest BCUT2D eigenvalue weighted by Gasteiger charge is 2.26. The maximum atomic E-state index is 5.61. The van der Waals surface area contributed by atoms with Crippen molar-refractivity contribution in [3.63, 3.8) is 0 Å². The first kappa shape index (κ1) is 8.58. The maximum absolute atomic E-state index is 5.61. The van der Waals surface area contributed by atoms with Crippen molar-refractivity contribution in [2.45, 2.75) is 31.6 Å². The number of rotatable bonds is 3. The summed E-state index contributed by atoms with van der Waals surface area (Å²) in [5, 5.41) is 11.5. The summed E-state index contributed by atoms with van der Waals surface area (Å²) >= 11 is 0. The van der Waals surface area contributed by atoms with E-state index in [-0.39, 0.29) is 0 Å². The van der Waals surface area contributed by atoms with E-state index < -0.39 is 0 Å². The number of aryl methyl sites for hydroxylation is 1. The van der Waals surface area contributed by atoms with Crippen LogP contribution in [0.4, 0.5) is 0 Å². The number of hydrogen-bond donors (Lipinski definition) is 1. The van der Waals surface area contributed by atoms with Gasteiger partial charge >= 0.3 is 0 Å². The molecule has 0 bridgehead atoms. The minimum Gasteiger partial charge on any atom is -0.370 e. The molecule has 0 spiro atoms. The zero-order valence-electron chi connectivity index (χ0n) is 7.55. The van der Waals surface area contributed by atoms with Crippen LogP contribution in [0.25, 0.3) is 0 Å². The van der Waals surface area contributed by atoms with Crippen molar-refractivity contribution in [2.24, 2.45) is 12.8 Å². The van der Waals surface area contributed by atoms with E-state index in [4.69, 9.17) is 10.5 Å². The molecule has 6 heteroatoms. The van der Waals surface area contributed by atoms with Crippen LogP contribution in [0.5, 0.6) is 0 Å². The van der Waals surface area contributed by atoms with Gasteiger partial charge in [0.15, 0.2) is 5.82 Å². The number of nitrogens with zero attached hydrogens (tertiary/aromatic N) is 4. The zero-order valence-corrected chi connectivity index (χ0v) is 7.55. The minimum absolute atomic E-state index is 0.291. The van der Waals surface area contributed by atoms with E-state index in [2.05, 4.69) is 15.4 Å². The van der Waals surface area contributed by atoms with E-state index in [9.17, 15) is 0 Å². The smallest absolute Gasteiger partial charge is 0.200 e. The minimum atomic E-state index is 0.291. The normalized spacial score (nSPS) is 27.2. The summed E-state index contributed by atoms with van der Waals surface area (Å²) in [5.74, 6) is 0.628. The van der Waals surface area contributed by atoms with Gasteiger partial charge in [-0.25, -0.2) is 0 Å². The van der Waals surface area contributed by atoms with Crippen molar-refractivity contribution in [2.75, 3.05) is 0 Å². The van der Waals surface area contributed by atoms with Crippen LogP contribution in [0, 0.1) is 0 Å². The Bertz CT molecular complexity index is 280. The van der Waals surface area contributed by atoms with Gasteiger partial charge in [-0.1, -0.05) is 0 Å². The Morgan fingerprint density at radius 2 is 2.38 bits per heavy atom. The molecule has 2 rings (SSSR count). The summed E-state index contributed by atoms with van der Waals surface area (Å²) in [6.45, 7) is 0.436. The standard InChI is InChI=1S/C7H13N5O/c1-12-10-7(9-11-12)4-13-6-2-5(8)3-6/h5-6H,2-4,8H2,1H3. The summed E-state index contributed by atoms with van der Waals surface area (Å²) in [5.41, 5.74) is 5.61. The molecule has 1 aromatic rings. The Morgan fingerprint density at radius 1 is 1.62 bits per heavy atom. The van der Waals surface area contributed by atoms with Crippen LogP contribution in [0.1, 0.15) is 18.7 Å². The summed E-state index contributed by atoms with van der Waals surface area (Å²) in [6, 6.07) is 0.319. The Hall–Kier alpha value is -1.01. The summed E-state index contributed by atoms with van der Waals surface area (Å²) in [6.07, 6.45) is 2.18. The number of ether oxygens (including phenoxy) is 1. The second-order valence-electron chi connectivity index (χ2n) is 3.36. The molecule has 0 amide bonds. The van der Waals surface area contributed by atoms with Crippen LogP contribution in [0.15, 0.2) is 0 Å². The molecule has 1 heterocycles. The van der Waals surface area contributed by atoms with E-state index in [0.717, 1.165) is 12.8 Å². The quantitative estimate of drug-likeness (QED) is 0.664. The largest absolute Gasteiger partial charge is 0.370 e. The number of aromatic nitrogens is 4. The highest BCUT2D eigenvalue weighted by atomic mass is 16.5. The van der Waals surface area contributed by atoms with Crippen molar-refractivity contribution in [1.29, 1.82) is 0 Å². The van der Waals surface area contributed by atoms with Crippen LogP contribution < -0.4 is 5.73 Å². The SMILES string of the molecule is Cn1nnc(COC2CC(N)C2)n1. The number of hydrogen-bond acceptors (Lipinski definition) is 5. The molecule has 1 aliphatic rings. The molecule has 1 fully saturated rings. The fourth-order valence-corrected chi connectivity index (χ4v) is 1.32. The molecule has 6 nitrogen and oxygen atoms in total.